The average molecular weight is 631 g/mol. The Bertz CT molecular complexity index is 1630. The smallest absolute Gasteiger partial charge is 0.292 e. The third-order valence-electron chi connectivity index (χ3n) is 7.54. The number of para-hydroxylation sites is 1. The Morgan fingerprint density at radius 1 is 1.02 bits per heavy atom. The fourth-order valence-corrected chi connectivity index (χ4v) is 5.12. The maximum Gasteiger partial charge on any atom is 0.292 e. The molecule has 7 N–H and O–H groups in total. The van der Waals surface area contributed by atoms with Crippen LogP contribution in [0.5, 0.6) is 5.75 Å². The molecule has 1 aliphatic heterocycles. The molecule has 0 saturated heterocycles. The van der Waals surface area contributed by atoms with E-state index in [2.05, 4.69) is 25.6 Å². The van der Waals surface area contributed by atoms with Gasteiger partial charge >= 0.3 is 0 Å². The van der Waals surface area contributed by atoms with Gasteiger partial charge in [-0.3, -0.25) is 24.0 Å². The fraction of sp³-hybridized carbons (Fsp3) is 0.344. The van der Waals surface area contributed by atoms with Gasteiger partial charge in [-0.1, -0.05) is 37.3 Å². The second kappa shape index (κ2) is 15.7. The molecule has 0 fully saturated rings. The number of aromatic amines is 1. The van der Waals surface area contributed by atoms with Gasteiger partial charge in [-0.25, -0.2) is 4.99 Å². The number of nitrogens with one attached hydrogen (secondary N) is 3. The number of benzene rings is 2. The Morgan fingerprint density at radius 3 is 2.39 bits per heavy atom. The molecule has 3 aromatic rings. The molecule has 46 heavy (non-hydrogen) atoms. The lowest BCUT2D eigenvalue weighted by atomic mass is 10.0. The summed E-state index contributed by atoms with van der Waals surface area (Å²) < 4.78 is 0. The van der Waals surface area contributed by atoms with Gasteiger partial charge in [0.2, 0.25) is 24.0 Å². The van der Waals surface area contributed by atoms with Crippen LogP contribution in [0.25, 0.3) is 10.9 Å². The summed E-state index contributed by atoms with van der Waals surface area (Å²) in [5.41, 5.74) is 8.23. The predicted molar refractivity (Wildman–Crippen MR) is 170 cm³/mol. The predicted octanol–water partition coefficient (Wildman–Crippen LogP) is 0.0644. The molecule has 1 aliphatic rings. The van der Waals surface area contributed by atoms with Crippen LogP contribution in [0.1, 0.15) is 30.9 Å². The number of carbonyl (C=O) groups is 4. The molecule has 0 bridgehead atoms. The molecule has 241 valence electrons. The van der Waals surface area contributed by atoms with E-state index in [1.807, 2.05) is 37.5 Å². The highest BCUT2D eigenvalue weighted by Crippen LogP contribution is 2.20. The third kappa shape index (κ3) is 8.28. The Labute approximate surface area is 264 Å². The van der Waals surface area contributed by atoms with E-state index in [0.29, 0.717) is 17.5 Å². The SMILES string of the molecule is CCCN(C(=O)[C@H](CO)NC(=O)[C@H](Cc1c[nH]c2ccccc12)NC(=O)[C@@H](N)CC1=NC=NC1=O)[C@H]([C]=O)Cc1ccc(O)cc1. The number of carbonyl (C=O) groups excluding carboxylic acids is 5. The maximum absolute atomic E-state index is 13.7. The standard InChI is InChI=1S/C32H36N7O7/c1-2-11-39(21(16-40)12-19-7-9-22(42)10-8-19)32(46)28(17-41)38-31(45)27(13-20-15-34-25-6-4-3-5-23(20)25)37-29(43)24(33)14-26-30(44)36-18-35-26/h3-10,15,18,21,24,27-28,34,41-42H,2,11-14,17,33H2,1H3,(H,37,43)(H,38,45)/t21-,24-,27-,28-/m0/s1. The summed E-state index contributed by atoms with van der Waals surface area (Å²) in [6.07, 6.45) is 5.01. The number of hydrogen-bond donors (Lipinski definition) is 6. The number of nitrogens with zero attached hydrogens (tertiary/aromatic N) is 3. The first kappa shape index (κ1) is 33.7. The molecule has 14 nitrogen and oxygen atoms in total. The van der Waals surface area contributed by atoms with Gasteiger partial charge in [0.25, 0.3) is 5.91 Å². The number of aromatic hydroxyl groups is 1. The summed E-state index contributed by atoms with van der Waals surface area (Å²) >= 11 is 0. The number of fused-ring (bicyclic) bond motifs is 1. The molecule has 0 aliphatic carbocycles. The van der Waals surface area contributed by atoms with Crippen molar-refractivity contribution in [3.05, 3.63) is 65.9 Å². The van der Waals surface area contributed by atoms with Crippen LogP contribution in [-0.4, -0.2) is 99.4 Å². The van der Waals surface area contributed by atoms with Crippen molar-refractivity contribution in [2.24, 2.45) is 15.7 Å². The van der Waals surface area contributed by atoms with Crippen molar-refractivity contribution < 1.29 is 34.2 Å². The summed E-state index contributed by atoms with van der Waals surface area (Å²) in [5.74, 6) is -2.79. The van der Waals surface area contributed by atoms with Gasteiger partial charge in [0, 0.05) is 42.9 Å². The number of H-pyrrole nitrogens is 1. The maximum atomic E-state index is 13.7. The van der Waals surface area contributed by atoms with Crippen LogP contribution in [0.4, 0.5) is 0 Å². The summed E-state index contributed by atoms with van der Waals surface area (Å²) in [6, 6.07) is 8.55. The van der Waals surface area contributed by atoms with Crippen LogP contribution in [0.2, 0.25) is 0 Å². The van der Waals surface area contributed by atoms with Crippen LogP contribution in [0.15, 0.2) is 64.7 Å². The van der Waals surface area contributed by atoms with E-state index >= 15 is 0 Å². The highest BCUT2D eigenvalue weighted by molar-refractivity contribution is 6.44. The van der Waals surface area contributed by atoms with Gasteiger partial charge in [-0.15, -0.1) is 0 Å². The normalized spacial score (nSPS) is 15.1. The summed E-state index contributed by atoms with van der Waals surface area (Å²) in [6.45, 7) is 1.16. The van der Waals surface area contributed by atoms with Gasteiger partial charge < -0.3 is 36.5 Å². The van der Waals surface area contributed by atoms with Crippen molar-refractivity contribution >= 4 is 52.9 Å². The van der Waals surface area contributed by atoms with Crippen LogP contribution in [0, 0.1) is 0 Å². The number of aliphatic hydroxyl groups is 1. The lowest BCUT2D eigenvalue weighted by Gasteiger charge is -2.31. The molecule has 4 atom stereocenters. The molecule has 2 heterocycles. The van der Waals surface area contributed by atoms with Crippen molar-refractivity contribution in [3.63, 3.8) is 0 Å². The second-order valence-corrected chi connectivity index (χ2v) is 10.8. The number of rotatable bonds is 16. The van der Waals surface area contributed by atoms with Crippen molar-refractivity contribution in [2.75, 3.05) is 13.2 Å². The first-order valence-corrected chi connectivity index (χ1v) is 14.8. The van der Waals surface area contributed by atoms with E-state index in [1.54, 1.807) is 18.3 Å². The Hall–Kier alpha value is -5.21. The van der Waals surface area contributed by atoms with Gasteiger partial charge in [0.1, 0.15) is 35.9 Å². The van der Waals surface area contributed by atoms with E-state index < -0.39 is 54.4 Å². The number of phenols is 1. The zero-order valence-corrected chi connectivity index (χ0v) is 25.2. The van der Waals surface area contributed by atoms with E-state index in [-0.39, 0.29) is 37.3 Å². The highest BCUT2D eigenvalue weighted by Gasteiger charge is 2.34. The molecule has 0 spiro atoms. The lowest BCUT2D eigenvalue weighted by Crippen LogP contribution is -2.59. The largest absolute Gasteiger partial charge is 0.508 e. The van der Waals surface area contributed by atoms with Gasteiger partial charge in [0.15, 0.2) is 0 Å². The Morgan fingerprint density at radius 2 is 1.74 bits per heavy atom. The molecule has 2 aromatic carbocycles. The van der Waals surface area contributed by atoms with Gasteiger partial charge in [-0.2, -0.15) is 4.99 Å². The first-order valence-electron chi connectivity index (χ1n) is 14.8. The molecule has 14 heteroatoms. The topological polar surface area (TPSA) is 220 Å². The van der Waals surface area contributed by atoms with Gasteiger partial charge in [-0.05, 0) is 35.7 Å². The van der Waals surface area contributed by atoms with Crippen LogP contribution < -0.4 is 16.4 Å². The number of aliphatic hydroxyl groups excluding tert-OH is 1. The Kier molecular flexibility index (Phi) is 11.5. The number of amides is 4. The first-order chi connectivity index (χ1) is 22.1. The second-order valence-electron chi connectivity index (χ2n) is 10.8. The fourth-order valence-electron chi connectivity index (χ4n) is 5.12. The van der Waals surface area contributed by atoms with Crippen molar-refractivity contribution in [2.45, 2.75) is 56.8 Å². The van der Waals surface area contributed by atoms with Crippen LogP contribution >= 0.6 is 0 Å². The summed E-state index contributed by atoms with van der Waals surface area (Å²) in [4.78, 5) is 76.1. The number of aromatic nitrogens is 1. The molecule has 4 rings (SSSR count). The average Bonchev–Trinajstić information content (AvgIpc) is 3.66. The van der Waals surface area contributed by atoms with E-state index in [0.717, 1.165) is 17.2 Å². The molecule has 0 unspecified atom stereocenters. The number of phenolic OH excluding ortho intramolecular Hbond substituents is 1. The molecule has 1 aromatic heterocycles. The summed E-state index contributed by atoms with van der Waals surface area (Å²) in [7, 11) is 0. The lowest BCUT2D eigenvalue weighted by molar-refractivity contribution is -0.139. The Balaban J connectivity index is 1.53. The molecular weight excluding hydrogens is 594 g/mol. The molecular formula is C32H36N7O7. The van der Waals surface area contributed by atoms with Crippen LogP contribution in [0.3, 0.4) is 0 Å². The highest BCUT2D eigenvalue weighted by atomic mass is 16.3. The van der Waals surface area contributed by atoms with Gasteiger partial charge in [0.05, 0.1) is 12.6 Å². The van der Waals surface area contributed by atoms with E-state index in [1.165, 1.54) is 17.0 Å². The zero-order valence-electron chi connectivity index (χ0n) is 25.2. The van der Waals surface area contributed by atoms with Crippen molar-refractivity contribution in [1.82, 2.24) is 20.5 Å². The monoisotopic (exact) mass is 630 g/mol. The van der Waals surface area contributed by atoms with E-state index in [4.69, 9.17) is 5.73 Å². The molecule has 0 saturated carbocycles. The number of aliphatic imine (C=N–C) groups is 2. The van der Waals surface area contributed by atoms with E-state index in [9.17, 15) is 34.2 Å². The minimum absolute atomic E-state index is 0.00605. The number of nitrogens with two attached hydrogens (primary N) is 1. The molecule has 4 amide bonds. The minimum Gasteiger partial charge on any atom is -0.508 e. The van der Waals surface area contributed by atoms with Crippen molar-refractivity contribution in [3.8, 4) is 5.75 Å². The minimum atomic E-state index is -1.45. The van der Waals surface area contributed by atoms with Crippen LogP contribution in [-0.2, 0) is 36.8 Å². The quantitative estimate of drug-likeness (QED) is 0.127. The third-order valence-corrected chi connectivity index (χ3v) is 7.54. The summed E-state index contributed by atoms with van der Waals surface area (Å²) in [5, 5.41) is 25.8. The number of hydrogen-bond acceptors (Lipinski definition) is 9. The zero-order chi connectivity index (χ0) is 33.2. The van der Waals surface area contributed by atoms with Crippen molar-refractivity contribution in [1.29, 1.82) is 0 Å². The molecule has 1 radical (unpaired) electrons.